The van der Waals surface area contributed by atoms with E-state index in [1.807, 2.05) is 11.3 Å². The molecular weight excluding hydrogens is 898 g/mol. The molecule has 1 nitrogen and oxygen atoms in total. The second kappa shape index (κ2) is 15.8. The Balaban J connectivity index is 0.882. The monoisotopic (exact) mass is 962 g/mol. The van der Waals surface area contributed by atoms with Gasteiger partial charge in [-0.3, -0.25) is 0 Å². The quantitative estimate of drug-likeness (QED) is 0.164. The maximum atomic E-state index is 4.13. The zero-order valence-electron chi connectivity index (χ0n) is 43.0. The van der Waals surface area contributed by atoms with E-state index in [9.17, 15) is 0 Å². The zero-order chi connectivity index (χ0) is 48.5. The van der Waals surface area contributed by atoms with Crippen molar-refractivity contribution in [2.24, 2.45) is 41.4 Å². The van der Waals surface area contributed by atoms with Gasteiger partial charge in [-0.1, -0.05) is 159 Å². The fraction of sp³-hybridized carbons (Fsp3) is 0.343. The van der Waals surface area contributed by atoms with Crippen LogP contribution in [-0.4, -0.2) is 7.28 Å². The van der Waals surface area contributed by atoms with Crippen molar-refractivity contribution >= 4 is 71.9 Å². The van der Waals surface area contributed by atoms with Crippen LogP contribution in [0.5, 0.6) is 0 Å². The van der Waals surface area contributed by atoms with Crippen molar-refractivity contribution in [1.29, 1.82) is 0 Å². The number of benzene rings is 8. The SMILES string of the molecule is Cc1cc(-c2ccc3c(sc4cc5ccccc5cc43)c2Nc2ccc(-c3ccccc3)cc2)c2c(c1)C1Cc3ccc(C45CC(C)CC(CC(C)C4)C5)cc3-c3cc(C45CC(C)CC6CC(C4)C65)cc(c31)[B]2. The predicted octanol–water partition coefficient (Wildman–Crippen LogP) is 17.3. The highest BCUT2D eigenvalue weighted by Crippen LogP contribution is 2.72. The molecule has 1 aromatic heterocycles. The molecule has 3 heteroatoms. The van der Waals surface area contributed by atoms with E-state index >= 15 is 0 Å². The molecule has 0 saturated heterocycles. The van der Waals surface area contributed by atoms with Gasteiger partial charge in [-0.2, -0.15) is 0 Å². The Morgan fingerprint density at radius 1 is 0.575 bits per heavy atom. The molecule has 73 heavy (non-hydrogen) atoms. The zero-order valence-corrected chi connectivity index (χ0v) is 43.8. The van der Waals surface area contributed by atoms with Gasteiger partial charge in [0.05, 0.1) is 10.4 Å². The van der Waals surface area contributed by atoms with Crippen LogP contribution in [0, 0.1) is 48.3 Å². The molecule has 5 fully saturated rings. The normalized spacial score (nSPS) is 29.0. The summed E-state index contributed by atoms with van der Waals surface area (Å²) in [4.78, 5) is 0. The molecule has 8 unspecified atom stereocenters. The van der Waals surface area contributed by atoms with Crippen molar-refractivity contribution in [3.8, 4) is 33.4 Å². The number of hydrogen-bond donors (Lipinski definition) is 1. The molecule has 359 valence electrons. The fourth-order valence-electron chi connectivity index (χ4n) is 18.3. The third-order valence-corrected chi connectivity index (χ3v) is 21.8. The molecule has 8 aromatic carbocycles. The number of rotatable bonds is 6. The summed E-state index contributed by atoms with van der Waals surface area (Å²) < 4.78 is 2.65. The molecule has 6 aliphatic carbocycles. The van der Waals surface area contributed by atoms with Gasteiger partial charge >= 0.3 is 0 Å². The molecule has 1 radical (unpaired) electrons. The highest BCUT2D eigenvalue weighted by Gasteiger charge is 2.65. The number of thiophene rings is 1. The van der Waals surface area contributed by atoms with E-state index in [0.29, 0.717) is 16.7 Å². The average molecular weight is 963 g/mol. The summed E-state index contributed by atoms with van der Waals surface area (Å²) in [7, 11) is 2.68. The Morgan fingerprint density at radius 3 is 2.14 bits per heavy atom. The maximum absolute atomic E-state index is 4.13. The largest absolute Gasteiger partial charge is 0.354 e. The van der Waals surface area contributed by atoms with Crippen LogP contribution >= 0.6 is 11.3 Å². The van der Waals surface area contributed by atoms with E-state index < -0.39 is 0 Å². The van der Waals surface area contributed by atoms with Crippen LogP contribution < -0.4 is 16.2 Å². The first-order valence-electron chi connectivity index (χ1n) is 28.3. The van der Waals surface area contributed by atoms with Crippen molar-refractivity contribution < 1.29 is 0 Å². The van der Waals surface area contributed by atoms with Crippen molar-refractivity contribution in [3.05, 3.63) is 179 Å². The van der Waals surface area contributed by atoms with Gasteiger partial charge in [-0.15, -0.1) is 11.3 Å². The van der Waals surface area contributed by atoms with E-state index in [1.165, 1.54) is 139 Å². The van der Waals surface area contributed by atoms with Gasteiger partial charge in [0.15, 0.2) is 7.28 Å². The predicted molar refractivity (Wildman–Crippen MR) is 311 cm³/mol. The molecule has 7 aliphatic rings. The van der Waals surface area contributed by atoms with Gasteiger partial charge in [0.1, 0.15) is 0 Å². The van der Waals surface area contributed by atoms with Crippen LogP contribution in [0.4, 0.5) is 11.4 Å². The highest BCUT2D eigenvalue weighted by atomic mass is 32.1. The summed E-state index contributed by atoms with van der Waals surface area (Å²) in [6, 6.07) is 57.1. The summed E-state index contributed by atoms with van der Waals surface area (Å²) in [5.74, 6) is 6.29. The minimum atomic E-state index is 0.304. The van der Waals surface area contributed by atoms with Gasteiger partial charge in [0.25, 0.3) is 0 Å². The highest BCUT2D eigenvalue weighted by molar-refractivity contribution is 7.26. The molecule has 2 heterocycles. The van der Waals surface area contributed by atoms with Crippen LogP contribution in [-0.2, 0) is 17.3 Å². The number of hydrogen-bond acceptors (Lipinski definition) is 2. The molecule has 2 bridgehead atoms. The summed E-state index contributed by atoms with van der Waals surface area (Å²) in [6.45, 7) is 10.0. The Bertz CT molecular complexity index is 3750. The van der Waals surface area contributed by atoms with Crippen LogP contribution in [0.1, 0.15) is 118 Å². The third kappa shape index (κ3) is 6.52. The summed E-state index contributed by atoms with van der Waals surface area (Å²) in [6.07, 6.45) is 13.6. The number of fused-ring (bicyclic) bond motifs is 10. The van der Waals surface area contributed by atoms with Gasteiger partial charge in [0.2, 0.25) is 0 Å². The lowest BCUT2D eigenvalue weighted by molar-refractivity contribution is -0.159. The lowest BCUT2D eigenvalue weighted by atomic mass is 9.34. The summed E-state index contributed by atoms with van der Waals surface area (Å²) in [5, 5.41) is 9.38. The van der Waals surface area contributed by atoms with Crippen molar-refractivity contribution in [1.82, 2.24) is 0 Å². The Labute approximate surface area is 437 Å². The lowest BCUT2D eigenvalue weighted by Crippen LogP contribution is -2.65. The van der Waals surface area contributed by atoms with E-state index in [4.69, 9.17) is 0 Å². The van der Waals surface area contributed by atoms with Gasteiger partial charge < -0.3 is 5.32 Å². The number of aryl methyl sites for hydroxylation is 1. The first kappa shape index (κ1) is 43.5. The van der Waals surface area contributed by atoms with Gasteiger partial charge in [0, 0.05) is 32.6 Å². The standard InChI is InChI=1S/C70H65BNS/c1-39-25-60(54-20-21-55-57-28-46-12-8-9-13-47(46)30-63(57)73-68(55)67(54)72-53-18-15-45(16-19-53)44-10-6-5-7-11-44)66-61(26-39)58-29-48-14-17-51(69-34-40(2)22-43(37-69)23-41(3)35-69)31-56(48)59-32-52(33-62(71-66)64(58)59)70-36-42(4)24-49-27-50(38-70)65(49)70/h5-21,25-26,28,30-33,40-43,49-50,58,65,72H,22-24,27,29,34-38H2,1-4H3. The van der Waals surface area contributed by atoms with Crippen molar-refractivity contribution in [3.63, 3.8) is 0 Å². The molecular formula is C70H65BNS. The smallest absolute Gasteiger partial charge is 0.193 e. The van der Waals surface area contributed by atoms with E-state index in [-0.39, 0.29) is 0 Å². The molecule has 1 N–H and O–H groups in total. The molecule has 0 spiro atoms. The first-order valence-corrected chi connectivity index (χ1v) is 29.1. The van der Waals surface area contributed by atoms with E-state index in [2.05, 4.69) is 186 Å². The average Bonchev–Trinajstić information content (AvgIpc) is 3.75. The minimum Gasteiger partial charge on any atom is -0.354 e. The number of nitrogens with one attached hydrogen (secondary N) is 1. The van der Waals surface area contributed by atoms with Crippen LogP contribution in [0.15, 0.2) is 146 Å². The Kier molecular flexibility index (Phi) is 9.42. The first-order chi connectivity index (χ1) is 35.6. The molecule has 16 rings (SSSR count). The second-order valence-electron chi connectivity index (χ2n) is 25.5. The molecule has 8 atom stereocenters. The summed E-state index contributed by atoms with van der Waals surface area (Å²) >= 11 is 1.94. The lowest BCUT2D eigenvalue weighted by Gasteiger charge is -2.70. The fourth-order valence-corrected chi connectivity index (χ4v) is 19.5. The number of anilines is 2. The molecule has 1 aliphatic heterocycles. The Morgan fingerprint density at radius 2 is 1.33 bits per heavy atom. The van der Waals surface area contributed by atoms with Gasteiger partial charge in [-0.25, -0.2) is 0 Å². The van der Waals surface area contributed by atoms with E-state index in [1.54, 1.807) is 33.4 Å². The van der Waals surface area contributed by atoms with Crippen LogP contribution in [0.25, 0.3) is 64.3 Å². The maximum Gasteiger partial charge on any atom is 0.193 e. The molecule has 5 saturated carbocycles. The van der Waals surface area contributed by atoms with Gasteiger partial charge in [-0.05, 0) is 214 Å². The summed E-state index contributed by atoms with van der Waals surface area (Å²) in [5.41, 5.74) is 23.4. The van der Waals surface area contributed by atoms with E-state index in [0.717, 1.165) is 53.5 Å². The van der Waals surface area contributed by atoms with Crippen LogP contribution in [0.2, 0.25) is 0 Å². The molecule has 0 amide bonds. The second-order valence-corrected chi connectivity index (χ2v) is 26.5. The van der Waals surface area contributed by atoms with Crippen molar-refractivity contribution in [2.75, 3.05) is 5.32 Å². The topological polar surface area (TPSA) is 12.0 Å². The molecule has 9 aromatic rings. The Hall–Kier alpha value is -5.90. The third-order valence-electron chi connectivity index (χ3n) is 20.6. The van der Waals surface area contributed by atoms with Crippen molar-refractivity contribution in [2.45, 2.75) is 109 Å². The van der Waals surface area contributed by atoms with Crippen LogP contribution in [0.3, 0.4) is 0 Å². The minimum absolute atomic E-state index is 0.304.